The molecule has 5 N–H and O–H groups in total. The summed E-state index contributed by atoms with van der Waals surface area (Å²) in [5.74, 6) is -0.537. The lowest BCUT2D eigenvalue weighted by molar-refractivity contribution is -0.172. The Balaban J connectivity index is 0.000000288. The second-order valence-corrected chi connectivity index (χ2v) is 19.0. The summed E-state index contributed by atoms with van der Waals surface area (Å²) >= 11 is 5.94. The summed E-state index contributed by atoms with van der Waals surface area (Å²) in [6.45, 7) is 10.7. The number of carbonyl (C=O) groups is 3. The molecule has 0 fully saturated rings. The van der Waals surface area contributed by atoms with Crippen LogP contribution in [-0.4, -0.2) is 94.2 Å². The lowest BCUT2D eigenvalue weighted by Crippen LogP contribution is -2.45. The van der Waals surface area contributed by atoms with E-state index >= 15 is 0 Å². The molecule has 0 saturated heterocycles. The zero-order valence-electron chi connectivity index (χ0n) is 37.9. The molecule has 1 aliphatic heterocycles. The van der Waals surface area contributed by atoms with Gasteiger partial charge in [-0.05, 0) is 74.2 Å². The fraction of sp³-hybridized carbons (Fsp3) is 0.419. The molecule has 0 radical (unpaired) electrons. The maximum absolute atomic E-state index is 12.9. The van der Waals surface area contributed by atoms with Crippen molar-refractivity contribution in [3.05, 3.63) is 109 Å². The number of carboxylic acids is 1. The van der Waals surface area contributed by atoms with E-state index in [2.05, 4.69) is 19.2 Å². The Morgan fingerprint density at radius 2 is 1.62 bits per heavy atom. The number of nitrogens with zero attached hydrogens (tertiary/aromatic N) is 3. The third kappa shape index (κ3) is 15.2. The average Bonchev–Trinajstić information content (AvgIpc) is 3.21. The summed E-state index contributed by atoms with van der Waals surface area (Å²) in [5, 5.41) is 12.1. The topological polar surface area (TPSA) is 240 Å². The number of fused-ring (bicyclic) bond motifs is 1. The second-order valence-electron chi connectivity index (χ2n) is 16.1. The number of aromatic nitrogens is 2. The predicted octanol–water partition coefficient (Wildman–Crippen LogP) is 7.39. The lowest BCUT2D eigenvalue weighted by atomic mass is 9.76. The van der Waals surface area contributed by atoms with Gasteiger partial charge in [-0.2, -0.15) is 13.2 Å². The van der Waals surface area contributed by atoms with Crippen molar-refractivity contribution in [1.29, 1.82) is 0 Å². The van der Waals surface area contributed by atoms with Crippen LogP contribution in [0.4, 0.5) is 23.7 Å². The Hall–Kier alpha value is -5.70. The van der Waals surface area contributed by atoms with Gasteiger partial charge < -0.3 is 40.0 Å². The van der Waals surface area contributed by atoms with Crippen LogP contribution in [0.1, 0.15) is 69.1 Å². The van der Waals surface area contributed by atoms with E-state index in [1.54, 1.807) is 45.2 Å². The number of esters is 1. The number of halogens is 4. The summed E-state index contributed by atoms with van der Waals surface area (Å²) < 4.78 is 72.9. The van der Waals surface area contributed by atoms with E-state index in [1.165, 1.54) is 33.0 Å². The normalized spacial score (nSPS) is 16.4. The molecule has 362 valence electrons. The molecule has 2 heterocycles. The van der Waals surface area contributed by atoms with Crippen LogP contribution in [0, 0.1) is 0 Å². The fourth-order valence-corrected chi connectivity index (χ4v) is 7.19. The smallest absolute Gasteiger partial charge is 0.431 e. The summed E-state index contributed by atoms with van der Waals surface area (Å²) in [6.07, 6.45) is -4.54. The molecule has 0 bridgehead atoms. The van der Waals surface area contributed by atoms with Crippen molar-refractivity contribution in [2.75, 3.05) is 39.4 Å². The van der Waals surface area contributed by atoms with Crippen molar-refractivity contribution < 1.29 is 65.9 Å². The zero-order chi connectivity index (χ0) is 50.1. The first kappa shape index (κ1) is 54.6. The van der Waals surface area contributed by atoms with E-state index in [1.807, 2.05) is 25.1 Å². The average molecular weight is 972 g/mol. The van der Waals surface area contributed by atoms with Gasteiger partial charge in [0.25, 0.3) is 5.56 Å². The molecule has 18 nitrogen and oxygen atoms in total. The van der Waals surface area contributed by atoms with Crippen molar-refractivity contribution in [2.45, 2.75) is 77.0 Å². The number of nitrogens with two attached hydrogens (primary N) is 1. The monoisotopic (exact) mass is 971 g/mol. The van der Waals surface area contributed by atoms with Crippen LogP contribution >= 0.6 is 19.0 Å². The number of urea groups is 1. The van der Waals surface area contributed by atoms with Crippen LogP contribution < -0.4 is 31.8 Å². The summed E-state index contributed by atoms with van der Waals surface area (Å²) in [6, 6.07) is 15.5. The highest BCUT2D eigenvalue weighted by Gasteiger charge is 2.42. The molecular formula is C43H54ClF3N5O13P. The Labute approximate surface area is 383 Å². The van der Waals surface area contributed by atoms with Gasteiger partial charge in [-0.25, -0.2) is 24.0 Å². The van der Waals surface area contributed by atoms with Gasteiger partial charge in [0.2, 0.25) is 5.79 Å². The molecule has 0 aliphatic carbocycles. The van der Waals surface area contributed by atoms with Gasteiger partial charge in [-0.1, -0.05) is 31.5 Å². The first-order valence-corrected chi connectivity index (χ1v) is 22.5. The van der Waals surface area contributed by atoms with E-state index in [0.717, 1.165) is 35.9 Å². The molecule has 23 heteroatoms. The van der Waals surface area contributed by atoms with Gasteiger partial charge in [-0.15, -0.1) is 0 Å². The van der Waals surface area contributed by atoms with Crippen LogP contribution in [0.2, 0.25) is 5.02 Å². The largest absolute Gasteiger partial charge is 0.480 e. The number of hydrogen-bond acceptors (Lipinski definition) is 12. The van der Waals surface area contributed by atoms with Crippen LogP contribution in [0.3, 0.4) is 0 Å². The second kappa shape index (κ2) is 22.2. The molecule has 3 unspecified atom stereocenters. The number of anilines is 1. The van der Waals surface area contributed by atoms with E-state index in [-0.39, 0.29) is 40.3 Å². The number of nitrogens with one attached hydrogen (secondary N) is 1. The summed E-state index contributed by atoms with van der Waals surface area (Å²) in [5.41, 5.74) is 2.77. The van der Waals surface area contributed by atoms with Crippen LogP contribution in [-0.2, 0) is 42.3 Å². The summed E-state index contributed by atoms with van der Waals surface area (Å²) in [7, 11) is 2.40. The number of benzene rings is 3. The van der Waals surface area contributed by atoms with Gasteiger partial charge in [0, 0.05) is 70.8 Å². The SMILES string of the molecule is CC(C)OC(=O)c1cc(-n2c(=O)cc(C(F)(F)F)n(C)c2=O)ccc1Cl.CON(C)C(=O)Nc1ccc(Oc2ccc3c(c2)OC(C)(OC)CC3(C)C)cc1.CP(=O)(O)CCC(N)C(=O)O. The van der Waals surface area contributed by atoms with Crippen molar-refractivity contribution in [3.63, 3.8) is 0 Å². The highest BCUT2D eigenvalue weighted by molar-refractivity contribution is 7.57. The fourth-order valence-electron chi connectivity index (χ4n) is 6.24. The number of aliphatic carboxylic acids is 1. The van der Waals surface area contributed by atoms with Crippen molar-refractivity contribution in [2.24, 2.45) is 12.8 Å². The van der Waals surface area contributed by atoms with Gasteiger partial charge in [0.15, 0.2) is 7.37 Å². The number of carboxylic acid groups (broad SMARTS) is 1. The van der Waals surface area contributed by atoms with Crippen molar-refractivity contribution in [3.8, 4) is 22.9 Å². The molecule has 1 aromatic heterocycles. The van der Waals surface area contributed by atoms with Crippen LogP contribution in [0.25, 0.3) is 5.69 Å². The maximum Gasteiger partial charge on any atom is 0.431 e. The quantitative estimate of drug-likeness (QED) is 0.0615. The Kier molecular flexibility index (Phi) is 18.4. The molecule has 0 spiro atoms. The minimum absolute atomic E-state index is 0.0104. The van der Waals surface area contributed by atoms with Gasteiger partial charge >= 0.3 is 29.8 Å². The number of hydroxylamine groups is 2. The van der Waals surface area contributed by atoms with Crippen LogP contribution in [0.15, 0.2) is 76.3 Å². The Morgan fingerprint density at radius 1 is 1.02 bits per heavy atom. The third-order valence-electron chi connectivity index (χ3n) is 9.66. The minimum atomic E-state index is -4.86. The number of rotatable bonds is 12. The molecule has 66 heavy (non-hydrogen) atoms. The predicted molar refractivity (Wildman–Crippen MR) is 239 cm³/mol. The molecule has 1 aliphatic rings. The van der Waals surface area contributed by atoms with Gasteiger partial charge in [0.1, 0.15) is 29.0 Å². The van der Waals surface area contributed by atoms with Crippen molar-refractivity contribution >= 4 is 42.6 Å². The third-order valence-corrected chi connectivity index (χ3v) is 11.1. The minimum Gasteiger partial charge on any atom is -0.480 e. The van der Waals surface area contributed by atoms with Gasteiger partial charge in [0.05, 0.1) is 29.5 Å². The highest BCUT2D eigenvalue weighted by Crippen LogP contribution is 2.46. The number of carbonyl (C=O) groups excluding carboxylic acids is 2. The standard InChI is InChI=1S/C22H28N2O5.C16H14ClF3N2O4.C5H12NO4P/c1-21(2)14-22(3,26-5)29-19-13-17(11-12-18(19)21)28-16-9-7-15(8-10-16)23-20(25)24(4)27-6;1-8(2)26-14(24)10-6-9(4-5-11(10)17)22-13(23)7-12(16(18,19)20)21(3)15(22)25;1-11(9,10)3-2-4(6)5(7)8/h7-13H,14H2,1-6H3,(H,23,25);4-8H,1-3H3;4H,2-3,6H2,1H3,(H,7,8)(H,9,10). The molecule has 3 aromatic carbocycles. The first-order chi connectivity index (χ1) is 30.4. The Morgan fingerprint density at radius 3 is 2.15 bits per heavy atom. The van der Waals surface area contributed by atoms with Crippen molar-refractivity contribution in [1.82, 2.24) is 14.2 Å². The highest BCUT2D eigenvalue weighted by atomic mass is 35.5. The first-order valence-electron chi connectivity index (χ1n) is 19.9. The summed E-state index contributed by atoms with van der Waals surface area (Å²) in [4.78, 5) is 72.0. The number of ether oxygens (including phenoxy) is 4. The number of methoxy groups -OCH3 is 1. The molecule has 0 saturated carbocycles. The number of amides is 2. The molecule has 3 atom stereocenters. The molecule has 5 rings (SSSR count). The van der Waals surface area contributed by atoms with E-state index < -0.39 is 60.4 Å². The molecule has 4 aromatic rings. The van der Waals surface area contributed by atoms with Gasteiger partial charge in [-0.3, -0.25) is 23.6 Å². The molecular weight excluding hydrogens is 918 g/mol. The zero-order valence-corrected chi connectivity index (χ0v) is 39.5. The molecule has 2 amide bonds. The maximum atomic E-state index is 12.9. The number of hydrogen-bond donors (Lipinski definition) is 4. The van der Waals surface area contributed by atoms with E-state index in [4.69, 9.17) is 51.1 Å². The number of alkyl halides is 3. The van der Waals surface area contributed by atoms with Crippen LogP contribution in [0.5, 0.6) is 17.2 Å². The lowest BCUT2D eigenvalue weighted by Gasteiger charge is -2.43. The Bertz CT molecular complexity index is 2550. The van der Waals surface area contributed by atoms with E-state index in [0.29, 0.717) is 32.4 Å². The van der Waals surface area contributed by atoms with E-state index in [9.17, 15) is 41.7 Å².